The van der Waals surface area contributed by atoms with E-state index in [1.54, 1.807) is 12.1 Å². The molecule has 1 aliphatic carbocycles. The van der Waals surface area contributed by atoms with Crippen LogP contribution in [0.5, 0.6) is 5.75 Å². The average Bonchev–Trinajstić information content (AvgIpc) is 2.57. The summed E-state index contributed by atoms with van der Waals surface area (Å²) in [5, 5.41) is 0. The number of halogens is 1. The van der Waals surface area contributed by atoms with Gasteiger partial charge in [-0.2, -0.15) is 0 Å². The summed E-state index contributed by atoms with van der Waals surface area (Å²) in [6, 6.07) is 15.5. The first-order chi connectivity index (χ1) is 10.7. The molecular formula is C20H23FO. The van der Waals surface area contributed by atoms with Gasteiger partial charge >= 0.3 is 0 Å². The zero-order chi connectivity index (χ0) is 15.4. The first-order valence-electron chi connectivity index (χ1n) is 8.24. The second-order valence-electron chi connectivity index (χ2n) is 6.11. The highest BCUT2D eigenvalue weighted by Gasteiger charge is 2.35. The zero-order valence-corrected chi connectivity index (χ0v) is 13.1. The molecule has 116 valence electrons. The third-order valence-electron chi connectivity index (χ3n) is 4.82. The van der Waals surface area contributed by atoms with Gasteiger partial charge in [0.1, 0.15) is 11.6 Å². The maximum absolute atomic E-state index is 13.3. The van der Waals surface area contributed by atoms with Gasteiger partial charge in [0.05, 0.1) is 6.61 Å². The molecule has 2 aromatic carbocycles. The van der Waals surface area contributed by atoms with Gasteiger partial charge in [-0.3, -0.25) is 0 Å². The quantitative estimate of drug-likeness (QED) is 0.726. The molecule has 2 aromatic rings. The van der Waals surface area contributed by atoms with Gasteiger partial charge < -0.3 is 4.74 Å². The van der Waals surface area contributed by atoms with Gasteiger partial charge in [0.2, 0.25) is 0 Å². The van der Waals surface area contributed by atoms with E-state index < -0.39 is 0 Å². The van der Waals surface area contributed by atoms with E-state index >= 15 is 0 Å². The van der Waals surface area contributed by atoms with E-state index in [2.05, 4.69) is 24.3 Å². The van der Waals surface area contributed by atoms with Crippen LogP contribution in [-0.2, 0) is 5.41 Å². The molecule has 1 fully saturated rings. The fourth-order valence-electron chi connectivity index (χ4n) is 3.71. The standard InChI is InChI=1S/C20H23FO/c1-2-22-19-12-8-17(9-13-19)20(14-4-3-5-15-20)16-6-10-18(21)11-7-16/h6-13H,2-5,14-15H2,1H3. The first-order valence-corrected chi connectivity index (χ1v) is 8.24. The van der Waals surface area contributed by atoms with E-state index in [1.807, 2.05) is 19.1 Å². The molecule has 1 aliphatic rings. The van der Waals surface area contributed by atoms with Crippen LogP contribution in [0.3, 0.4) is 0 Å². The van der Waals surface area contributed by atoms with Crippen molar-refractivity contribution in [3.63, 3.8) is 0 Å². The van der Waals surface area contributed by atoms with E-state index in [0.29, 0.717) is 6.61 Å². The Morgan fingerprint density at radius 2 is 1.41 bits per heavy atom. The van der Waals surface area contributed by atoms with Crippen molar-refractivity contribution in [2.75, 3.05) is 6.61 Å². The predicted molar refractivity (Wildman–Crippen MR) is 87.9 cm³/mol. The summed E-state index contributed by atoms with van der Waals surface area (Å²) < 4.78 is 18.9. The van der Waals surface area contributed by atoms with E-state index in [4.69, 9.17) is 4.74 Å². The lowest BCUT2D eigenvalue weighted by atomic mass is 9.65. The monoisotopic (exact) mass is 298 g/mol. The Bertz CT molecular complexity index is 595. The number of hydrogen-bond acceptors (Lipinski definition) is 1. The fourth-order valence-corrected chi connectivity index (χ4v) is 3.71. The second-order valence-corrected chi connectivity index (χ2v) is 6.11. The maximum atomic E-state index is 13.3. The molecule has 0 N–H and O–H groups in total. The Morgan fingerprint density at radius 3 is 1.95 bits per heavy atom. The summed E-state index contributed by atoms with van der Waals surface area (Å²) in [6.07, 6.45) is 6.01. The third kappa shape index (κ3) is 2.87. The minimum atomic E-state index is -0.165. The van der Waals surface area contributed by atoms with Crippen molar-refractivity contribution < 1.29 is 9.13 Å². The molecule has 2 heteroatoms. The Hall–Kier alpha value is -1.83. The van der Waals surface area contributed by atoms with Crippen LogP contribution in [-0.4, -0.2) is 6.61 Å². The van der Waals surface area contributed by atoms with Gasteiger partial charge in [0.15, 0.2) is 0 Å². The topological polar surface area (TPSA) is 9.23 Å². The van der Waals surface area contributed by atoms with Crippen molar-refractivity contribution in [3.05, 3.63) is 65.5 Å². The molecular weight excluding hydrogens is 275 g/mol. The molecule has 1 nitrogen and oxygen atoms in total. The zero-order valence-electron chi connectivity index (χ0n) is 13.1. The molecule has 22 heavy (non-hydrogen) atoms. The van der Waals surface area contributed by atoms with Crippen molar-refractivity contribution in [1.82, 2.24) is 0 Å². The van der Waals surface area contributed by atoms with Crippen LogP contribution in [0.1, 0.15) is 50.2 Å². The molecule has 3 rings (SSSR count). The predicted octanol–water partition coefficient (Wildman–Crippen LogP) is 5.47. The molecule has 0 aromatic heterocycles. The van der Waals surface area contributed by atoms with Gasteiger partial charge in [0, 0.05) is 5.41 Å². The van der Waals surface area contributed by atoms with Gasteiger partial charge in [-0.25, -0.2) is 4.39 Å². The summed E-state index contributed by atoms with van der Waals surface area (Å²) in [5.41, 5.74) is 2.58. The summed E-state index contributed by atoms with van der Waals surface area (Å²) in [5.74, 6) is 0.748. The highest BCUT2D eigenvalue weighted by Crippen LogP contribution is 2.45. The van der Waals surface area contributed by atoms with Crippen LogP contribution in [0.15, 0.2) is 48.5 Å². The summed E-state index contributed by atoms with van der Waals surface area (Å²) >= 11 is 0. The molecule has 0 radical (unpaired) electrons. The van der Waals surface area contributed by atoms with Crippen LogP contribution >= 0.6 is 0 Å². The SMILES string of the molecule is CCOc1ccc(C2(c3ccc(F)cc3)CCCCC2)cc1. The summed E-state index contributed by atoms with van der Waals surface area (Å²) in [7, 11) is 0. The molecule has 1 saturated carbocycles. The average molecular weight is 298 g/mol. The van der Waals surface area contributed by atoms with Crippen molar-refractivity contribution in [2.45, 2.75) is 44.4 Å². The van der Waals surface area contributed by atoms with Crippen molar-refractivity contribution >= 4 is 0 Å². The van der Waals surface area contributed by atoms with Gasteiger partial charge in [-0.1, -0.05) is 43.5 Å². The first kappa shape index (κ1) is 15.1. The van der Waals surface area contributed by atoms with Crippen LogP contribution < -0.4 is 4.74 Å². The van der Waals surface area contributed by atoms with Gasteiger partial charge in [-0.05, 0) is 55.2 Å². The van der Waals surface area contributed by atoms with Crippen LogP contribution in [0, 0.1) is 5.82 Å². The summed E-state index contributed by atoms with van der Waals surface area (Å²) in [4.78, 5) is 0. The molecule has 0 amide bonds. The van der Waals surface area contributed by atoms with E-state index in [1.165, 1.54) is 30.4 Å². The van der Waals surface area contributed by atoms with Crippen molar-refractivity contribution in [3.8, 4) is 5.75 Å². The number of ether oxygens (including phenoxy) is 1. The minimum absolute atomic E-state index is 0.0245. The molecule has 0 unspecified atom stereocenters. The normalized spacial score (nSPS) is 17.2. The smallest absolute Gasteiger partial charge is 0.123 e. The van der Waals surface area contributed by atoms with E-state index in [0.717, 1.165) is 18.6 Å². The fraction of sp³-hybridized carbons (Fsp3) is 0.400. The van der Waals surface area contributed by atoms with E-state index in [9.17, 15) is 4.39 Å². The lowest BCUT2D eigenvalue weighted by Gasteiger charge is -2.38. The maximum Gasteiger partial charge on any atom is 0.123 e. The minimum Gasteiger partial charge on any atom is -0.494 e. The molecule has 0 atom stereocenters. The highest BCUT2D eigenvalue weighted by molar-refractivity contribution is 5.42. The lowest BCUT2D eigenvalue weighted by Crippen LogP contribution is -2.30. The lowest BCUT2D eigenvalue weighted by molar-refractivity contribution is 0.335. The van der Waals surface area contributed by atoms with Crippen molar-refractivity contribution in [1.29, 1.82) is 0 Å². The number of hydrogen-bond donors (Lipinski definition) is 0. The Morgan fingerprint density at radius 1 is 0.864 bits per heavy atom. The molecule has 0 spiro atoms. The molecule has 0 heterocycles. The van der Waals surface area contributed by atoms with E-state index in [-0.39, 0.29) is 11.2 Å². The Kier molecular flexibility index (Phi) is 4.47. The van der Waals surface area contributed by atoms with Crippen LogP contribution in [0.4, 0.5) is 4.39 Å². The molecule has 0 saturated heterocycles. The molecule has 0 aliphatic heterocycles. The highest BCUT2D eigenvalue weighted by atomic mass is 19.1. The Balaban J connectivity index is 2.00. The second kappa shape index (κ2) is 6.51. The van der Waals surface area contributed by atoms with Crippen LogP contribution in [0.25, 0.3) is 0 Å². The van der Waals surface area contributed by atoms with Gasteiger partial charge in [-0.15, -0.1) is 0 Å². The summed E-state index contributed by atoms with van der Waals surface area (Å²) in [6.45, 7) is 2.68. The largest absolute Gasteiger partial charge is 0.494 e. The number of rotatable bonds is 4. The number of benzene rings is 2. The van der Waals surface area contributed by atoms with Crippen LogP contribution in [0.2, 0.25) is 0 Å². The third-order valence-corrected chi connectivity index (χ3v) is 4.82. The van der Waals surface area contributed by atoms with Crippen molar-refractivity contribution in [2.24, 2.45) is 0 Å². The van der Waals surface area contributed by atoms with Gasteiger partial charge in [0.25, 0.3) is 0 Å². The Labute approximate surface area is 132 Å². The molecule has 0 bridgehead atoms.